The summed E-state index contributed by atoms with van der Waals surface area (Å²) in [5.41, 5.74) is 3.44. The molecule has 49 heavy (non-hydrogen) atoms. The number of hydrogen-bond acceptors (Lipinski definition) is 8. The Morgan fingerprint density at radius 1 is 0.959 bits per heavy atom. The molecule has 5 aromatic rings. The first kappa shape index (κ1) is 35.1. The Labute approximate surface area is 317 Å². The van der Waals surface area contributed by atoms with Crippen molar-refractivity contribution in [2.24, 2.45) is 4.99 Å². The van der Waals surface area contributed by atoms with Crippen LogP contribution in [-0.4, -0.2) is 31.4 Å². The van der Waals surface area contributed by atoms with Gasteiger partial charge in [0.2, 0.25) is 0 Å². The van der Waals surface area contributed by atoms with Gasteiger partial charge in [-0.15, -0.1) is 0 Å². The summed E-state index contributed by atoms with van der Waals surface area (Å²) < 4.78 is 27.8. The fraction of sp³-hybridized carbons (Fsp3) is 0.162. The Bertz CT molecular complexity index is 2250. The summed E-state index contributed by atoms with van der Waals surface area (Å²) in [6.45, 7) is 2.24. The molecule has 1 aliphatic rings. The van der Waals surface area contributed by atoms with Gasteiger partial charge in [-0.1, -0.05) is 91.7 Å². The van der Waals surface area contributed by atoms with Gasteiger partial charge in [0.25, 0.3) is 5.56 Å². The Kier molecular flexibility index (Phi) is 11.1. The molecule has 0 aliphatic carbocycles. The molecule has 0 saturated heterocycles. The monoisotopic (exact) mass is 914 g/mol. The summed E-state index contributed by atoms with van der Waals surface area (Å²) >= 11 is 10.6. The number of thiazole rings is 1. The molecule has 4 aromatic carbocycles. The number of fused-ring (bicyclic) bond motifs is 1. The van der Waals surface area contributed by atoms with Gasteiger partial charge >= 0.3 is 5.97 Å². The van der Waals surface area contributed by atoms with E-state index in [9.17, 15) is 9.59 Å². The van der Waals surface area contributed by atoms with Crippen LogP contribution in [0.4, 0.5) is 0 Å². The van der Waals surface area contributed by atoms with E-state index < -0.39 is 12.0 Å². The Morgan fingerprint density at radius 2 is 1.69 bits per heavy atom. The van der Waals surface area contributed by atoms with E-state index in [0.717, 1.165) is 29.2 Å². The number of esters is 1. The van der Waals surface area contributed by atoms with Crippen LogP contribution in [0.3, 0.4) is 0 Å². The quantitative estimate of drug-likeness (QED) is 0.106. The van der Waals surface area contributed by atoms with Gasteiger partial charge in [-0.25, -0.2) is 9.79 Å². The molecule has 1 aliphatic heterocycles. The SMILES string of the molecule is CCOC(=O)C1=C(c2ccccc2)N=c2s/c(=C\c3cc(Br)cc(I)c3OCc3ccc(Br)cc3)c(=O)n2[C@@H]1c1ccc(OC)c(OC)c1. The first-order chi connectivity index (χ1) is 23.7. The molecule has 0 bridgehead atoms. The number of nitrogens with zero attached hydrogens (tertiary/aromatic N) is 2. The fourth-order valence-corrected chi connectivity index (χ4v) is 8.46. The Balaban J connectivity index is 1.58. The molecular weight excluding hydrogens is 887 g/mol. The van der Waals surface area contributed by atoms with Crippen LogP contribution in [0.2, 0.25) is 0 Å². The molecule has 12 heteroatoms. The number of benzene rings is 4. The minimum atomic E-state index is -0.872. The summed E-state index contributed by atoms with van der Waals surface area (Å²) in [5, 5.41) is 0. The minimum Gasteiger partial charge on any atom is -0.493 e. The number of carbonyl (C=O) groups excluding carboxylic acids is 1. The summed E-state index contributed by atoms with van der Waals surface area (Å²) in [5.74, 6) is 1.05. The molecule has 0 saturated carbocycles. The predicted octanol–water partition coefficient (Wildman–Crippen LogP) is 7.66. The predicted molar refractivity (Wildman–Crippen MR) is 206 cm³/mol. The average Bonchev–Trinajstić information content (AvgIpc) is 3.41. The summed E-state index contributed by atoms with van der Waals surface area (Å²) in [6, 6.07) is 25.7. The van der Waals surface area contributed by atoms with Crippen molar-refractivity contribution in [1.82, 2.24) is 4.57 Å². The molecule has 1 aromatic heterocycles. The third-order valence-corrected chi connectivity index (χ3v) is 10.5. The molecule has 0 spiro atoms. The largest absolute Gasteiger partial charge is 0.493 e. The van der Waals surface area contributed by atoms with Crippen molar-refractivity contribution in [3.63, 3.8) is 0 Å². The lowest BCUT2D eigenvalue weighted by atomic mass is 9.93. The maximum absolute atomic E-state index is 14.5. The van der Waals surface area contributed by atoms with Gasteiger partial charge < -0.3 is 18.9 Å². The van der Waals surface area contributed by atoms with Gasteiger partial charge in [-0.2, -0.15) is 0 Å². The van der Waals surface area contributed by atoms with Crippen molar-refractivity contribution in [1.29, 1.82) is 0 Å². The fourth-order valence-electron chi connectivity index (χ4n) is 5.50. The van der Waals surface area contributed by atoms with E-state index >= 15 is 0 Å². The highest BCUT2D eigenvalue weighted by atomic mass is 127. The van der Waals surface area contributed by atoms with Crippen LogP contribution in [0.25, 0.3) is 11.8 Å². The van der Waals surface area contributed by atoms with Gasteiger partial charge in [-0.05, 0) is 83.1 Å². The van der Waals surface area contributed by atoms with Crippen LogP contribution in [0, 0.1) is 3.57 Å². The van der Waals surface area contributed by atoms with Crippen molar-refractivity contribution in [2.45, 2.75) is 19.6 Å². The van der Waals surface area contributed by atoms with E-state index in [1.165, 1.54) is 11.3 Å². The van der Waals surface area contributed by atoms with Gasteiger partial charge in [0, 0.05) is 20.1 Å². The number of hydrogen-bond donors (Lipinski definition) is 0. The van der Waals surface area contributed by atoms with Crippen molar-refractivity contribution in [2.75, 3.05) is 20.8 Å². The highest BCUT2D eigenvalue weighted by Crippen LogP contribution is 2.39. The summed E-state index contributed by atoms with van der Waals surface area (Å²) in [4.78, 5) is 33.8. The van der Waals surface area contributed by atoms with E-state index in [1.807, 2.05) is 78.9 Å². The molecule has 6 rings (SSSR count). The molecule has 2 heterocycles. The van der Waals surface area contributed by atoms with Gasteiger partial charge in [0.15, 0.2) is 16.3 Å². The average molecular weight is 916 g/mol. The maximum Gasteiger partial charge on any atom is 0.338 e. The zero-order valence-corrected chi connectivity index (χ0v) is 32.7. The molecule has 0 N–H and O–H groups in total. The zero-order chi connectivity index (χ0) is 34.7. The van der Waals surface area contributed by atoms with Crippen molar-refractivity contribution in [3.8, 4) is 17.2 Å². The molecule has 8 nitrogen and oxygen atoms in total. The number of rotatable bonds is 10. The van der Waals surface area contributed by atoms with E-state index in [1.54, 1.807) is 37.8 Å². The molecule has 250 valence electrons. The zero-order valence-electron chi connectivity index (χ0n) is 26.5. The lowest BCUT2D eigenvalue weighted by Gasteiger charge is -2.26. The standard InChI is InChI=1S/C37H29Br2IN2O6S/c1-4-47-36(44)31-32(22-8-6-5-7-9-22)41-37-42(33(31)23-12-15-28(45-2)29(17-23)46-3)35(43)30(49-37)18-24-16-26(39)19-27(40)34(24)48-20-21-10-13-25(38)14-11-21/h5-19,33H,4,20H2,1-3H3/b30-18-/t33-/m1/s1. The minimum absolute atomic E-state index is 0.151. The molecule has 0 unspecified atom stereocenters. The van der Waals surface area contributed by atoms with E-state index in [2.05, 4.69) is 54.5 Å². The van der Waals surface area contributed by atoms with E-state index in [0.29, 0.717) is 44.4 Å². The third kappa shape index (κ3) is 7.42. The van der Waals surface area contributed by atoms with Crippen molar-refractivity contribution < 1.29 is 23.7 Å². The maximum atomic E-state index is 14.5. The van der Waals surface area contributed by atoms with Crippen LogP contribution in [0.15, 0.2) is 109 Å². The van der Waals surface area contributed by atoms with E-state index in [-0.39, 0.29) is 17.7 Å². The first-order valence-corrected chi connectivity index (χ1v) is 18.6. The van der Waals surface area contributed by atoms with Crippen LogP contribution in [0.1, 0.15) is 35.2 Å². The van der Waals surface area contributed by atoms with Gasteiger partial charge in [0.1, 0.15) is 12.4 Å². The molecular formula is C37H29Br2IN2O6S. The van der Waals surface area contributed by atoms with Crippen molar-refractivity contribution >= 4 is 83.5 Å². The van der Waals surface area contributed by atoms with Gasteiger partial charge in [0.05, 0.1) is 46.2 Å². The molecule has 0 radical (unpaired) electrons. The van der Waals surface area contributed by atoms with Crippen LogP contribution >= 0.6 is 65.8 Å². The molecule has 0 fully saturated rings. The number of halogens is 3. The first-order valence-electron chi connectivity index (χ1n) is 15.1. The van der Waals surface area contributed by atoms with Crippen LogP contribution < -0.4 is 29.1 Å². The number of carbonyl (C=O) groups is 1. The second-order valence-electron chi connectivity index (χ2n) is 10.8. The van der Waals surface area contributed by atoms with Crippen molar-refractivity contribution in [3.05, 3.63) is 145 Å². The van der Waals surface area contributed by atoms with Crippen LogP contribution in [0.5, 0.6) is 17.2 Å². The Morgan fingerprint density at radius 3 is 2.39 bits per heavy atom. The highest BCUT2D eigenvalue weighted by Gasteiger charge is 2.35. The second-order valence-corrected chi connectivity index (χ2v) is 14.8. The normalized spacial score (nSPS) is 14.2. The molecule has 0 amide bonds. The molecule has 1 atom stereocenters. The lowest BCUT2D eigenvalue weighted by Crippen LogP contribution is -2.40. The number of ether oxygens (including phenoxy) is 4. The van der Waals surface area contributed by atoms with E-state index in [4.69, 9.17) is 23.9 Å². The summed E-state index contributed by atoms with van der Waals surface area (Å²) in [7, 11) is 3.10. The van der Waals surface area contributed by atoms with Crippen LogP contribution in [-0.2, 0) is 16.1 Å². The van der Waals surface area contributed by atoms with Gasteiger partial charge in [-0.3, -0.25) is 9.36 Å². The number of methoxy groups -OCH3 is 2. The smallest absolute Gasteiger partial charge is 0.338 e. The number of aromatic nitrogens is 1. The third-order valence-electron chi connectivity index (χ3n) is 7.72. The Hall–Kier alpha value is -3.72. The summed E-state index contributed by atoms with van der Waals surface area (Å²) in [6.07, 6.45) is 1.82. The highest BCUT2D eigenvalue weighted by molar-refractivity contribution is 14.1. The lowest BCUT2D eigenvalue weighted by molar-refractivity contribution is -0.138. The topological polar surface area (TPSA) is 88.4 Å². The second kappa shape index (κ2) is 15.4.